The first kappa shape index (κ1) is 6.89. The molecule has 0 N–H and O–H groups in total. The molecular weight excluding hydrogens is 160 g/mol. The maximum Gasteiger partial charge on any atom is 0.110 e. The highest BCUT2D eigenvalue weighted by molar-refractivity contribution is 5.74. The summed E-state index contributed by atoms with van der Waals surface area (Å²) in [5.74, 6) is 0. The van der Waals surface area contributed by atoms with Gasteiger partial charge in [0, 0.05) is 12.4 Å². The maximum absolute atomic E-state index is 4.28. The lowest BCUT2D eigenvalue weighted by Crippen LogP contribution is -2.22. The molecule has 2 aliphatic rings. The number of nitrogens with zero attached hydrogens (tertiary/aromatic N) is 2. The summed E-state index contributed by atoms with van der Waals surface area (Å²) in [7, 11) is 0. The summed E-state index contributed by atoms with van der Waals surface area (Å²) >= 11 is 0. The second-order valence-corrected chi connectivity index (χ2v) is 3.38. The molecule has 2 aliphatic heterocycles. The van der Waals surface area contributed by atoms with E-state index < -0.39 is 0 Å². The molecule has 0 bridgehead atoms. The third-order valence-electron chi connectivity index (χ3n) is 2.61. The molecule has 2 heterocycles. The van der Waals surface area contributed by atoms with E-state index in [-0.39, 0.29) is 0 Å². The van der Waals surface area contributed by atoms with Gasteiger partial charge in [-0.05, 0) is 17.2 Å². The van der Waals surface area contributed by atoms with E-state index in [0.29, 0.717) is 6.04 Å². The first-order chi connectivity index (χ1) is 6.45. The standard InChI is InChI=1S/C11H10N2/c1-2-4-10-9(3-1)5-6-13-8-12-7-11(10)13/h1-7,11H,8H2. The fourth-order valence-electron chi connectivity index (χ4n) is 1.92. The van der Waals surface area contributed by atoms with Crippen LogP contribution < -0.4 is 0 Å². The van der Waals surface area contributed by atoms with Crippen molar-refractivity contribution >= 4 is 12.3 Å². The third kappa shape index (κ3) is 0.917. The Morgan fingerprint density at radius 3 is 3.23 bits per heavy atom. The molecule has 2 heteroatoms. The van der Waals surface area contributed by atoms with Gasteiger partial charge in [-0.25, -0.2) is 0 Å². The summed E-state index contributed by atoms with van der Waals surface area (Å²) in [5, 5.41) is 0. The smallest absolute Gasteiger partial charge is 0.110 e. The molecule has 0 aromatic heterocycles. The molecule has 1 aromatic carbocycles. The Morgan fingerprint density at radius 2 is 2.23 bits per heavy atom. The van der Waals surface area contributed by atoms with Crippen molar-refractivity contribution in [3.63, 3.8) is 0 Å². The lowest BCUT2D eigenvalue weighted by Gasteiger charge is -2.26. The van der Waals surface area contributed by atoms with Crippen LogP contribution in [0, 0.1) is 0 Å². The van der Waals surface area contributed by atoms with Crippen molar-refractivity contribution in [1.82, 2.24) is 4.90 Å². The van der Waals surface area contributed by atoms with Crippen LogP contribution in [0.25, 0.3) is 6.08 Å². The van der Waals surface area contributed by atoms with Gasteiger partial charge < -0.3 is 4.90 Å². The first-order valence-corrected chi connectivity index (χ1v) is 4.48. The van der Waals surface area contributed by atoms with Gasteiger partial charge in [0.05, 0.1) is 6.04 Å². The van der Waals surface area contributed by atoms with Crippen molar-refractivity contribution in [2.75, 3.05) is 6.67 Å². The zero-order valence-corrected chi connectivity index (χ0v) is 7.22. The molecular formula is C11H10N2. The molecule has 13 heavy (non-hydrogen) atoms. The summed E-state index contributed by atoms with van der Waals surface area (Å²) in [4.78, 5) is 6.51. The van der Waals surface area contributed by atoms with Gasteiger partial charge in [0.15, 0.2) is 0 Å². The number of rotatable bonds is 0. The second kappa shape index (κ2) is 2.46. The van der Waals surface area contributed by atoms with Crippen LogP contribution >= 0.6 is 0 Å². The van der Waals surface area contributed by atoms with E-state index in [2.05, 4.69) is 46.4 Å². The van der Waals surface area contributed by atoms with E-state index in [4.69, 9.17) is 0 Å². The van der Waals surface area contributed by atoms with Crippen LogP contribution in [0.3, 0.4) is 0 Å². The van der Waals surface area contributed by atoms with E-state index in [1.54, 1.807) is 0 Å². The predicted molar refractivity (Wildman–Crippen MR) is 53.4 cm³/mol. The van der Waals surface area contributed by atoms with Crippen LogP contribution in [0.15, 0.2) is 35.5 Å². The average Bonchev–Trinajstić information content (AvgIpc) is 2.65. The van der Waals surface area contributed by atoms with Crippen molar-refractivity contribution in [3.8, 4) is 0 Å². The molecule has 64 valence electrons. The van der Waals surface area contributed by atoms with Crippen LogP contribution in [-0.2, 0) is 0 Å². The van der Waals surface area contributed by atoms with Gasteiger partial charge in [0.1, 0.15) is 6.67 Å². The SMILES string of the molecule is C1=CN2CN=CC2c2ccccc21. The Hall–Kier alpha value is -1.57. The lowest BCUT2D eigenvalue weighted by molar-refractivity contribution is 0.381. The number of hydrogen-bond donors (Lipinski definition) is 0. The molecule has 1 aromatic rings. The summed E-state index contributed by atoms with van der Waals surface area (Å²) in [6.45, 7) is 0.801. The van der Waals surface area contributed by atoms with Gasteiger partial charge in [-0.15, -0.1) is 0 Å². The molecule has 0 aliphatic carbocycles. The fraction of sp³-hybridized carbons (Fsp3) is 0.182. The second-order valence-electron chi connectivity index (χ2n) is 3.38. The van der Waals surface area contributed by atoms with Gasteiger partial charge in [0.2, 0.25) is 0 Å². The minimum Gasteiger partial charge on any atom is -0.346 e. The number of fused-ring (bicyclic) bond motifs is 3. The van der Waals surface area contributed by atoms with E-state index in [1.165, 1.54) is 11.1 Å². The summed E-state index contributed by atoms with van der Waals surface area (Å²) in [5.41, 5.74) is 2.68. The van der Waals surface area contributed by atoms with Gasteiger partial charge in [-0.2, -0.15) is 0 Å². The van der Waals surface area contributed by atoms with E-state index in [0.717, 1.165) is 6.67 Å². The lowest BCUT2D eigenvalue weighted by atomic mass is 9.98. The van der Waals surface area contributed by atoms with Gasteiger partial charge >= 0.3 is 0 Å². The highest BCUT2D eigenvalue weighted by Gasteiger charge is 2.23. The maximum atomic E-state index is 4.28. The first-order valence-electron chi connectivity index (χ1n) is 4.48. The van der Waals surface area contributed by atoms with Gasteiger partial charge in [-0.3, -0.25) is 4.99 Å². The van der Waals surface area contributed by atoms with Crippen LogP contribution in [0.4, 0.5) is 0 Å². The van der Waals surface area contributed by atoms with Crippen LogP contribution in [-0.4, -0.2) is 17.8 Å². The monoisotopic (exact) mass is 170 g/mol. The van der Waals surface area contributed by atoms with Gasteiger partial charge in [0.25, 0.3) is 0 Å². The molecule has 0 amide bonds. The predicted octanol–water partition coefficient (Wildman–Crippen LogP) is 2.06. The third-order valence-corrected chi connectivity index (χ3v) is 2.61. The number of benzene rings is 1. The molecule has 0 spiro atoms. The highest BCUT2D eigenvalue weighted by Crippen LogP contribution is 2.30. The largest absolute Gasteiger partial charge is 0.346 e. The Balaban J connectivity index is 2.17. The fourth-order valence-corrected chi connectivity index (χ4v) is 1.92. The minimum absolute atomic E-state index is 0.376. The normalized spacial score (nSPS) is 23.1. The molecule has 0 saturated carbocycles. The van der Waals surface area contributed by atoms with Crippen molar-refractivity contribution in [1.29, 1.82) is 0 Å². The Morgan fingerprint density at radius 1 is 1.31 bits per heavy atom. The summed E-state index contributed by atoms with van der Waals surface area (Å²) in [6.07, 6.45) is 6.31. The highest BCUT2D eigenvalue weighted by atomic mass is 15.2. The molecule has 2 nitrogen and oxygen atoms in total. The Labute approximate surface area is 77.2 Å². The Bertz CT molecular complexity index is 393. The number of hydrogen-bond acceptors (Lipinski definition) is 2. The van der Waals surface area contributed by atoms with Crippen LogP contribution in [0.5, 0.6) is 0 Å². The van der Waals surface area contributed by atoms with Gasteiger partial charge in [-0.1, -0.05) is 24.3 Å². The molecule has 0 fully saturated rings. The van der Waals surface area contributed by atoms with Crippen LogP contribution in [0.2, 0.25) is 0 Å². The quantitative estimate of drug-likeness (QED) is 0.582. The average molecular weight is 170 g/mol. The zero-order chi connectivity index (χ0) is 8.67. The topological polar surface area (TPSA) is 15.6 Å². The van der Waals surface area contributed by atoms with Crippen molar-refractivity contribution in [2.45, 2.75) is 6.04 Å². The minimum atomic E-state index is 0.376. The molecule has 0 radical (unpaired) electrons. The van der Waals surface area contributed by atoms with E-state index in [1.807, 2.05) is 6.21 Å². The molecule has 3 rings (SSSR count). The molecule has 1 unspecified atom stereocenters. The molecule has 1 atom stereocenters. The summed E-state index contributed by atoms with van der Waals surface area (Å²) < 4.78 is 0. The summed E-state index contributed by atoms with van der Waals surface area (Å²) in [6, 6.07) is 8.86. The van der Waals surface area contributed by atoms with E-state index in [9.17, 15) is 0 Å². The molecule has 0 saturated heterocycles. The zero-order valence-electron chi connectivity index (χ0n) is 7.22. The van der Waals surface area contributed by atoms with E-state index >= 15 is 0 Å². The van der Waals surface area contributed by atoms with Crippen molar-refractivity contribution in [3.05, 3.63) is 41.6 Å². The van der Waals surface area contributed by atoms with Crippen molar-refractivity contribution < 1.29 is 0 Å². The van der Waals surface area contributed by atoms with Crippen molar-refractivity contribution in [2.24, 2.45) is 4.99 Å². The Kier molecular flexibility index (Phi) is 1.30. The number of aliphatic imine (C=N–C) groups is 1. The van der Waals surface area contributed by atoms with Crippen LogP contribution in [0.1, 0.15) is 17.2 Å².